The van der Waals surface area contributed by atoms with E-state index in [0.29, 0.717) is 0 Å². The first-order valence-electron chi connectivity index (χ1n) is 7.70. The molecular formula is C12H29O8P3. The van der Waals surface area contributed by atoms with Crippen LogP contribution in [0.2, 0.25) is 0 Å². The lowest BCUT2D eigenvalue weighted by atomic mass is 10.9. The molecule has 0 saturated carbocycles. The van der Waals surface area contributed by atoms with Crippen LogP contribution in [0.1, 0.15) is 34.6 Å². The largest absolute Gasteiger partial charge is 0.340 e. The number of hydrogen-bond donors (Lipinski definition) is 0. The zero-order valence-electron chi connectivity index (χ0n) is 14.6. The summed E-state index contributed by atoms with van der Waals surface area (Å²) in [5.74, 6) is -0.917. The number of hydrogen-bond acceptors (Lipinski definition) is 8. The van der Waals surface area contributed by atoms with Crippen LogP contribution in [-0.2, 0) is 36.3 Å². The summed E-state index contributed by atoms with van der Waals surface area (Å²) in [6.07, 6.45) is 0. The molecule has 0 unspecified atom stereocenters. The summed E-state index contributed by atoms with van der Waals surface area (Å²) in [5, 5.41) is 0. The van der Waals surface area contributed by atoms with Gasteiger partial charge in [0.15, 0.2) is 0 Å². The second-order valence-electron chi connectivity index (χ2n) is 4.41. The SMILES string of the molecule is CCOP(=O)(CP(=O)(OCC)OCC)CP(=O)(OCC)OCC. The van der Waals surface area contributed by atoms with Gasteiger partial charge >= 0.3 is 15.2 Å². The summed E-state index contributed by atoms with van der Waals surface area (Å²) in [7, 11) is -10.8. The molecule has 0 radical (unpaired) electrons. The Morgan fingerprint density at radius 1 is 0.522 bits per heavy atom. The molecule has 0 bridgehead atoms. The lowest BCUT2D eigenvalue weighted by molar-refractivity contribution is 0.220. The van der Waals surface area contributed by atoms with E-state index in [9.17, 15) is 13.7 Å². The van der Waals surface area contributed by atoms with Gasteiger partial charge < -0.3 is 22.6 Å². The Kier molecular flexibility index (Phi) is 11.4. The molecular weight excluding hydrogens is 365 g/mol. The predicted molar refractivity (Wildman–Crippen MR) is 90.7 cm³/mol. The Morgan fingerprint density at radius 2 is 0.783 bits per heavy atom. The Labute approximate surface area is 139 Å². The highest BCUT2D eigenvalue weighted by Crippen LogP contribution is 2.70. The third kappa shape index (κ3) is 8.94. The lowest BCUT2D eigenvalue weighted by Crippen LogP contribution is -2.08. The van der Waals surface area contributed by atoms with Gasteiger partial charge in [0.1, 0.15) is 11.8 Å². The van der Waals surface area contributed by atoms with Crippen molar-refractivity contribution in [1.29, 1.82) is 0 Å². The van der Waals surface area contributed by atoms with Gasteiger partial charge in [-0.1, -0.05) is 0 Å². The topological polar surface area (TPSA) is 97.4 Å². The normalized spacial score (nSPS) is 13.4. The van der Waals surface area contributed by atoms with Crippen molar-refractivity contribution in [2.24, 2.45) is 0 Å². The van der Waals surface area contributed by atoms with Crippen molar-refractivity contribution in [3.05, 3.63) is 0 Å². The molecule has 0 aromatic rings. The van der Waals surface area contributed by atoms with E-state index < -0.39 is 34.4 Å². The molecule has 0 aromatic carbocycles. The van der Waals surface area contributed by atoms with Gasteiger partial charge in [0, 0.05) is 0 Å². The fraction of sp³-hybridized carbons (Fsp3) is 1.00. The molecule has 0 aromatic heterocycles. The molecule has 0 rings (SSSR count). The summed E-state index contributed by atoms with van der Waals surface area (Å²) >= 11 is 0. The summed E-state index contributed by atoms with van der Waals surface area (Å²) in [6, 6.07) is 0. The van der Waals surface area contributed by atoms with Crippen LogP contribution in [0, 0.1) is 0 Å². The van der Waals surface area contributed by atoms with E-state index in [-0.39, 0.29) is 33.0 Å². The Balaban J connectivity index is 5.41. The highest BCUT2D eigenvalue weighted by molar-refractivity contribution is 7.80. The summed E-state index contributed by atoms with van der Waals surface area (Å²) in [6.45, 7) is 8.92. The highest BCUT2D eigenvalue weighted by atomic mass is 31.3. The van der Waals surface area contributed by atoms with Crippen molar-refractivity contribution >= 4 is 22.6 Å². The second kappa shape index (κ2) is 11.2. The first kappa shape index (κ1) is 23.5. The standard InChI is InChI=1S/C12H29O8P3/c1-6-16-21(13,11-22(14,17-7-2)18-8-3)12-23(15,19-9-4)20-10-5/h6-12H2,1-5H3. The van der Waals surface area contributed by atoms with Gasteiger partial charge in [-0.2, -0.15) is 0 Å². The zero-order chi connectivity index (χ0) is 18.0. The molecule has 0 atom stereocenters. The smallest absolute Gasteiger partial charge is 0.328 e. The van der Waals surface area contributed by atoms with Gasteiger partial charge in [-0.3, -0.25) is 13.7 Å². The van der Waals surface area contributed by atoms with Crippen molar-refractivity contribution < 1.29 is 36.3 Å². The molecule has 0 amide bonds. The van der Waals surface area contributed by atoms with E-state index in [1.54, 1.807) is 34.6 Å². The van der Waals surface area contributed by atoms with Crippen LogP contribution in [0.25, 0.3) is 0 Å². The van der Waals surface area contributed by atoms with Crippen LogP contribution in [0.5, 0.6) is 0 Å². The van der Waals surface area contributed by atoms with Crippen LogP contribution in [-0.4, -0.2) is 44.8 Å². The van der Waals surface area contributed by atoms with Crippen LogP contribution >= 0.6 is 22.6 Å². The van der Waals surface area contributed by atoms with Gasteiger partial charge in [0.2, 0.25) is 7.37 Å². The first-order valence-corrected chi connectivity index (χ1v) is 13.2. The van der Waals surface area contributed by atoms with E-state index in [4.69, 9.17) is 22.6 Å². The zero-order valence-corrected chi connectivity index (χ0v) is 17.2. The molecule has 11 heteroatoms. The Morgan fingerprint density at radius 3 is 1.00 bits per heavy atom. The third-order valence-corrected chi connectivity index (χ3v) is 12.0. The van der Waals surface area contributed by atoms with Crippen molar-refractivity contribution in [3.8, 4) is 0 Å². The van der Waals surface area contributed by atoms with Crippen molar-refractivity contribution in [3.63, 3.8) is 0 Å². The van der Waals surface area contributed by atoms with Crippen LogP contribution in [0.15, 0.2) is 0 Å². The quantitative estimate of drug-likeness (QED) is 0.390. The van der Waals surface area contributed by atoms with Crippen molar-refractivity contribution in [2.75, 3.05) is 44.8 Å². The predicted octanol–water partition coefficient (Wildman–Crippen LogP) is 4.75. The first-order chi connectivity index (χ1) is 10.7. The molecule has 0 aliphatic carbocycles. The minimum Gasteiger partial charge on any atom is -0.328 e. The molecule has 0 N–H and O–H groups in total. The van der Waals surface area contributed by atoms with Crippen molar-refractivity contribution in [2.45, 2.75) is 34.6 Å². The molecule has 0 aliphatic heterocycles. The van der Waals surface area contributed by atoms with E-state index in [1.807, 2.05) is 0 Å². The van der Waals surface area contributed by atoms with Crippen LogP contribution < -0.4 is 0 Å². The highest BCUT2D eigenvalue weighted by Gasteiger charge is 2.43. The van der Waals surface area contributed by atoms with E-state index in [0.717, 1.165) is 0 Å². The molecule has 0 spiro atoms. The average molecular weight is 394 g/mol. The van der Waals surface area contributed by atoms with E-state index in [1.165, 1.54) is 0 Å². The Hall–Kier alpha value is 0.490. The molecule has 8 nitrogen and oxygen atoms in total. The van der Waals surface area contributed by atoms with Gasteiger partial charge in [-0.25, -0.2) is 0 Å². The second-order valence-corrected chi connectivity index (χ2v) is 12.0. The molecule has 0 heterocycles. The van der Waals surface area contributed by atoms with E-state index in [2.05, 4.69) is 0 Å². The van der Waals surface area contributed by atoms with Gasteiger partial charge in [-0.15, -0.1) is 0 Å². The fourth-order valence-electron chi connectivity index (χ4n) is 1.91. The van der Waals surface area contributed by atoms with Gasteiger partial charge in [-0.05, 0) is 34.6 Å². The molecule has 140 valence electrons. The number of rotatable bonds is 14. The summed E-state index contributed by atoms with van der Waals surface area (Å²) in [4.78, 5) is 0. The lowest BCUT2D eigenvalue weighted by Gasteiger charge is -2.26. The Bertz CT molecular complexity index is 411. The fourth-order valence-corrected chi connectivity index (χ4v) is 11.5. The maximum atomic E-state index is 13.1. The molecule has 0 aliphatic rings. The van der Waals surface area contributed by atoms with Crippen molar-refractivity contribution in [1.82, 2.24) is 0 Å². The minimum atomic E-state index is -3.61. The molecule has 23 heavy (non-hydrogen) atoms. The van der Waals surface area contributed by atoms with Crippen LogP contribution in [0.4, 0.5) is 0 Å². The van der Waals surface area contributed by atoms with Gasteiger partial charge in [0.05, 0.1) is 33.0 Å². The van der Waals surface area contributed by atoms with Crippen LogP contribution in [0.3, 0.4) is 0 Å². The average Bonchev–Trinajstić information content (AvgIpc) is 2.38. The summed E-state index contributed by atoms with van der Waals surface area (Å²) in [5.41, 5.74) is 0. The molecule has 0 saturated heterocycles. The third-order valence-electron chi connectivity index (χ3n) is 2.44. The summed E-state index contributed by atoms with van der Waals surface area (Å²) < 4.78 is 64.3. The molecule has 0 fully saturated rings. The van der Waals surface area contributed by atoms with Gasteiger partial charge in [0.25, 0.3) is 0 Å². The maximum absolute atomic E-state index is 13.1. The minimum absolute atomic E-state index is 0.105. The van der Waals surface area contributed by atoms with E-state index >= 15 is 0 Å². The maximum Gasteiger partial charge on any atom is 0.340 e. The monoisotopic (exact) mass is 394 g/mol.